The van der Waals surface area contributed by atoms with Crippen molar-refractivity contribution in [2.45, 2.75) is 6.92 Å². The van der Waals surface area contributed by atoms with Gasteiger partial charge in [0.2, 0.25) is 0 Å². The van der Waals surface area contributed by atoms with E-state index in [0.717, 1.165) is 17.8 Å². The van der Waals surface area contributed by atoms with Gasteiger partial charge in [0.1, 0.15) is 11.6 Å². The minimum atomic E-state index is -0.563. The molecule has 0 spiro atoms. The summed E-state index contributed by atoms with van der Waals surface area (Å²) in [7, 11) is 1.62. The Morgan fingerprint density at radius 2 is 2.16 bits per heavy atom. The van der Waals surface area contributed by atoms with Crippen molar-refractivity contribution in [3.05, 3.63) is 47.7 Å². The molecular formula is C13H13FN4O. The van der Waals surface area contributed by atoms with Crippen molar-refractivity contribution in [1.82, 2.24) is 9.97 Å². The Labute approximate surface area is 109 Å². The molecule has 0 aliphatic heterocycles. The van der Waals surface area contributed by atoms with Gasteiger partial charge in [0.25, 0.3) is 5.91 Å². The van der Waals surface area contributed by atoms with Gasteiger partial charge in [-0.1, -0.05) is 0 Å². The summed E-state index contributed by atoms with van der Waals surface area (Å²) in [6.07, 6.45) is 4.23. The van der Waals surface area contributed by atoms with E-state index in [0.29, 0.717) is 11.5 Å². The first-order valence-corrected chi connectivity index (χ1v) is 5.67. The summed E-state index contributed by atoms with van der Waals surface area (Å²) in [4.78, 5) is 19.9. The largest absolute Gasteiger partial charge is 0.372 e. The van der Waals surface area contributed by atoms with E-state index in [1.165, 1.54) is 0 Å². The Hall–Kier alpha value is -2.50. The van der Waals surface area contributed by atoms with E-state index >= 15 is 0 Å². The SMILES string of the molecule is CNc1ncc(F)cc1C(=O)Nc1cnccc1C. The number of aromatic nitrogens is 2. The quantitative estimate of drug-likeness (QED) is 0.888. The Morgan fingerprint density at radius 1 is 1.37 bits per heavy atom. The number of carbonyl (C=O) groups excluding carboxylic acids is 1. The molecule has 0 saturated heterocycles. The van der Waals surface area contributed by atoms with Crippen molar-refractivity contribution in [2.24, 2.45) is 0 Å². The predicted octanol–water partition coefficient (Wildman–Crippen LogP) is 2.22. The number of nitrogens with zero attached hydrogens (tertiary/aromatic N) is 2. The number of hydrogen-bond donors (Lipinski definition) is 2. The number of carbonyl (C=O) groups is 1. The molecule has 0 aliphatic rings. The second kappa shape index (κ2) is 5.43. The lowest BCUT2D eigenvalue weighted by Crippen LogP contribution is -2.16. The van der Waals surface area contributed by atoms with Crippen LogP contribution in [-0.4, -0.2) is 22.9 Å². The summed E-state index contributed by atoms with van der Waals surface area (Å²) < 4.78 is 13.2. The van der Waals surface area contributed by atoms with Gasteiger partial charge in [-0.15, -0.1) is 0 Å². The van der Waals surface area contributed by atoms with Crippen molar-refractivity contribution in [3.63, 3.8) is 0 Å². The Kier molecular flexibility index (Phi) is 3.70. The molecule has 0 saturated carbocycles. The summed E-state index contributed by atoms with van der Waals surface area (Å²) in [6, 6.07) is 2.91. The molecule has 2 N–H and O–H groups in total. The average Bonchev–Trinajstić information content (AvgIpc) is 2.41. The van der Waals surface area contributed by atoms with Crippen LogP contribution in [0.5, 0.6) is 0 Å². The third-order valence-electron chi connectivity index (χ3n) is 2.62. The summed E-state index contributed by atoms with van der Waals surface area (Å²) in [6.45, 7) is 1.85. The molecule has 0 fully saturated rings. The number of halogens is 1. The van der Waals surface area contributed by atoms with Crippen LogP contribution in [0.3, 0.4) is 0 Å². The fourth-order valence-corrected chi connectivity index (χ4v) is 1.60. The molecule has 5 nitrogen and oxygen atoms in total. The average molecular weight is 260 g/mol. The van der Waals surface area contributed by atoms with E-state index in [-0.39, 0.29) is 5.56 Å². The highest BCUT2D eigenvalue weighted by Crippen LogP contribution is 2.17. The van der Waals surface area contributed by atoms with Crippen LogP contribution in [0.1, 0.15) is 15.9 Å². The van der Waals surface area contributed by atoms with Gasteiger partial charge in [0.05, 0.1) is 23.6 Å². The highest BCUT2D eigenvalue weighted by Gasteiger charge is 2.14. The zero-order valence-electron chi connectivity index (χ0n) is 10.6. The molecule has 0 radical (unpaired) electrons. The van der Waals surface area contributed by atoms with E-state index in [4.69, 9.17) is 0 Å². The minimum absolute atomic E-state index is 0.144. The van der Waals surface area contributed by atoms with E-state index in [1.54, 1.807) is 25.5 Å². The van der Waals surface area contributed by atoms with Crippen molar-refractivity contribution in [2.75, 3.05) is 17.7 Å². The first kappa shape index (κ1) is 12.9. The van der Waals surface area contributed by atoms with E-state index < -0.39 is 11.7 Å². The molecular weight excluding hydrogens is 247 g/mol. The lowest BCUT2D eigenvalue weighted by molar-refractivity contribution is 0.102. The second-order valence-corrected chi connectivity index (χ2v) is 3.94. The molecule has 0 aliphatic carbocycles. The lowest BCUT2D eigenvalue weighted by atomic mass is 10.2. The summed E-state index contributed by atoms with van der Waals surface area (Å²) >= 11 is 0. The van der Waals surface area contributed by atoms with Gasteiger partial charge in [-0.05, 0) is 24.6 Å². The third-order valence-corrected chi connectivity index (χ3v) is 2.62. The second-order valence-electron chi connectivity index (χ2n) is 3.94. The van der Waals surface area contributed by atoms with Gasteiger partial charge >= 0.3 is 0 Å². The summed E-state index contributed by atoms with van der Waals surface area (Å²) in [5, 5.41) is 5.43. The zero-order valence-corrected chi connectivity index (χ0v) is 10.6. The smallest absolute Gasteiger partial charge is 0.259 e. The summed E-state index contributed by atoms with van der Waals surface area (Å²) in [5.41, 5.74) is 1.60. The lowest BCUT2D eigenvalue weighted by Gasteiger charge is -2.10. The maximum absolute atomic E-state index is 13.2. The summed E-state index contributed by atoms with van der Waals surface area (Å²) in [5.74, 6) is -0.681. The number of pyridine rings is 2. The number of aryl methyl sites for hydroxylation is 1. The first-order valence-electron chi connectivity index (χ1n) is 5.67. The fraction of sp³-hybridized carbons (Fsp3) is 0.154. The van der Waals surface area contributed by atoms with Crippen LogP contribution in [0.4, 0.5) is 15.9 Å². The molecule has 0 atom stereocenters. The normalized spacial score (nSPS) is 10.1. The van der Waals surface area contributed by atoms with E-state index in [1.807, 2.05) is 6.92 Å². The standard InChI is InChI=1S/C13H13FN4O/c1-8-3-4-16-7-11(8)18-13(19)10-5-9(14)6-17-12(10)15-2/h3-7H,1-2H3,(H,15,17)(H,18,19). The number of rotatable bonds is 3. The van der Waals surface area contributed by atoms with Crippen LogP contribution in [0.15, 0.2) is 30.7 Å². The number of amides is 1. The zero-order chi connectivity index (χ0) is 13.8. The van der Waals surface area contributed by atoms with Gasteiger partial charge in [0, 0.05) is 13.2 Å². The van der Waals surface area contributed by atoms with Gasteiger partial charge in [0.15, 0.2) is 0 Å². The molecule has 2 aromatic rings. The van der Waals surface area contributed by atoms with E-state index in [9.17, 15) is 9.18 Å². The molecule has 2 heterocycles. The Balaban J connectivity index is 2.30. The highest BCUT2D eigenvalue weighted by atomic mass is 19.1. The van der Waals surface area contributed by atoms with Crippen LogP contribution in [0.2, 0.25) is 0 Å². The van der Waals surface area contributed by atoms with Gasteiger partial charge < -0.3 is 10.6 Å². The van der Waals surface area contributed by atoms with E-state index in [2.05, 4.69) is 20.6 Å². The van der Waals surface area contributed by atoms with Crippen molar-refractivity contribution >= 4 is 17.4 Å². The topological polar surface area (TPSA) is 66.9 Å². The molecule has 0 aromatic carbocycles. The van der Waals surface area contributed by atoms with Gasteiger partial charge in [-0.3, -0.25) is 9.78 Å². The minimum Gasteiger partial charge on any atom is -0.372 e. The Morgan fingerprint density at radius 3 is 2.84 bits per heavy atom. The fourth-order valence-electron chi connectivity index (χ4n) is 1.60. The highest BCUT2D eigenvalue weighted by molar-refractivity contribution is 6.07. The first-order chi connectivity index (χ1) is 9.11. The molecule has 98 valence electrons. The number of hydrogen-bond acceptors (Lipinski definition) is 4. The molecule has 19 heavy (non-hydrogen) atoms. The van der Waals surface area contributed by atoms with Crippen LogP contribution in [-0.2, 0) is 0 Å². The monoisotopic (exact) mass is 260 g/mol. The predicted molar refractivity (Wildman–Crippen MR) is 70.7 cm³/mol. The van der Waals surface area contributed by atoms with Crippen molar-refractivity contribution in [3.8, 4) is 0 Å². The molecule has 2 rings (SSSR count). The van der Waals surface area contributed by atoms with Crippen molar-refractivity contribution < 1.29 is 9.18 Å². The molecule has 0 bridgehead atoms. The number of anilines is 2. The van der Waals surface area contributed by atoms with Crippen LogP contribution < -0.4 is 10.6 Å². The number of nitrogens with one attached hydrogen (secondary N) is 2. The third kappa shape index (κ3) is 2.85. The molecule has 2 aromatic heterocycles. The van der Waals surface area contributed by atoms with Crippen LogP contribution >= 0.6 is 0 Å². The van der Waals surface area contributed by atoms with Crippen LogP contribution in [0.25, 0.3) is 0 Å². The maximum atomic E-state index is 13.2. The van der Waals surface area contributed by atoms with Gasteiger partial charge in [-0.25, -0.2) is 9.37 Å². The molecule has 0 unspecified atom stereocenters. The van der Waals surface area contributed by atoms with Crippen LogP contribution in [0, 0.1) is 12.7 Å². The molecule has 6 heteroatoms. The van der Waals surface area contributed by atoms with Gasteiger partial charge in [-0.2, -0.15) is 0 Å². The maximum Gasteiger partial charge on any atom is 0.259 e. The van der Waals surface area contributed by atoms with Crippen molar-refractivity contribution in [1.29, 1.82) is 0 Å². The molecule has 1 amide bonds. The Bertz CT molecular complexity index is 615.